The summed E-state index contributed by atoms with van der Waals surface area (Å²) < 4.78 is 11.5. The minimum Gasteiger partial charge on any atom is -0.496 e. The van der Waals surface area contributed by atoms with Gasteiger partial charge in [0.1, 0.15) is 35.3 Å². The number of nitrogens with one attached hydrogen (secondary N) is 1. The highest BCUT2D eigenvalue weighted by atomic mass is 16.5. The molecule has 2 saturated heterocycles. The average Bonchev–Trinajstić information content (AvgIpc) is 3.16. The molecule has 3 heterocycles. The Hall–Kier alpha value is -3.04. The van der Waals surface area contributed by atoms with Crippen molar-refractivity contribution in [1.29, 1.82) is 0 Å². The van der Waals surface area contributed by atoms with Crippen molar-refractivity contribution < 1.29 is 23.9 Å². The summed E-state index contributed by atoms with van der Waals surface area (Å²) in [5.41, 5.74) is 3.38. The minimum atomic E-state index is -0.964. The van der Waals surface area contributed by atoms with Crippen LogP contribution >= 0.6 is 0 Å². The van der Waals surface area contributed by atoms with Gasteiger partial charge in [0.15, 0.2) is 0 Å². The number of nitrogens with zero attached hydrogens (tertiary/aromatic N) is 2. The van der Waals surface area contributed by atoms with Gasteiger partial charge in [-0.3, -0.25) is 24.6 Å². The number of rotatable bonds is 6. The van der Waals surface area contributed by atoms with Crippen LogP contribution in [-0.4, -0.2) is 83.4 Å². The van der Waals surface area contributed by atoms with Crippen LogP contribution in [0.4, 0.5) is 0 Å². The molecule has 0 aliphatic carbocycles. The summed E-state index contributed by atoms with van der Waals surface area (Å²) in [5.74, 6) is -0.671. The maximum Gasteiger partial charge on any atom is 0.255 e. The largest absolute Gasteiger partial charge is 0.496 e. The SMILES string of the molecule is [B]c1cc(CN2CCOCC2)cc([B])c1C([B])Oc1cccc2c1CN(C1CCC(=O)NC1=O)C2=O. The molecule has 3 aliphatic heterocycles. The molecule has 0 spiro atoms. The molecule has 11 heteroatoms. The van der Waals surface area contributed by atoms with Crippen LogP contribution < -0.4 is 21.0 Å². The molecule has 5 rings (SSSR count). The van der Waals surface area contributed by atoms with Crippen molar-refractivity contribution in [3.63, 3.8) is 0 Å². The van der Waals surface area contributed by atoms with E-state index < -0.39 is 18.0 Å². The molecule has 2 aromatic rings. The highest BCUT2D eigenvalue weighted by Crippen LogP contribution is 2.35. The number of carbonyl (C=O) groups is 3. The molecule has 1 N–H and O–H groups in total. The summed E-state index contributed by atoms with van der Waals surface area (Å²) >= 11 is 0. The first-order valence-electron chi connectivity index (χ1n) is 12.0. The molecular formula is C25H24B3N3O5. The predicted octanol–water partition coefficient (Wildman–Crippen LogP) is -0.886. The lowest BCUT2D eigenvalue weighted by atomic mass is 9.73. The zero-order chi connectivity index (χ0) is 25.4. The molecule has 36 heavy (non-hydrogen) atoms. The lowest BCUT2D eigenvalue weighted by molar-refractivity contribution is -0.136. The Morgan fingerprint density at radius 2 is 1.83 bits per heavy atom. The van der Waals surface area contributed by atoms with Crippen LogP contribution in [0.25, 0.3) is 0 Å². The fraction of sp³-hybridized carbons (Fsp3) is 0.400. The lowest BCUT2D eigenvalue weighted by Crippen LogP contribution is -2.52. The maximum atomic E-state index is 13.1. The summed E-state index contributed by atoms with van der Waals surface area (Å²) in [6, 6.07) is 7.14. The van der Waals surface area contributed by atoms with Crippen LogP contribution in [-0.2, 0) is 27.4 Å². The Bertz CT molecular complexity index is 1190. The standard InChI is InChI=1S/C25H24B3N3O5/c26-17-10-14(12-30-6-8-35-9-7-30)11-18(27)22(17)23(28)36-20-3-1-2-15-16(20)13-31(25(15)34)19-4-5-21(32)29-24(19)33/h1-3,10-11,19,23H,4-9,12-13H2,(H,29,32,33). The molecule has 0 aromatic heterocycles. The van der Waals surface area contributed by atoms with Gasteiger partial charge in [0.25, 0.3) is 5.91 Å². The maximum absolute atomic E-state index is 13.1. The number of benzene rings is 2. The molecule has 3 aliphatic rings. The summed E-state index contributed by atoms with van der Waals surface area (Å²) in [7, 11) is 19.1. The van der Waals surface area contributed by atoms with E-state index in [-0.39, 0.29) is 31.2 Å². The van der Waals surface area contributed by atoms with Crippen molar-refractivity contribution >= 4 is 52.2 Å². The van der Waals surface area contributed by atoms with E-state index in [1.165, 1.54) is 4.90 Å². The molecular weight excluding hydrogens is 455 g/mol. The first kappa shape index (κ1) is 24.7. The van der Waals surface area contributed by atoms with E-state index >= 15 is 0 Å². The van der Waals surface area contributed by atoms with Gasteiger partial charge in [0, 0.05) is 37.2 Å². The number of fused-ring (bicyclic) bond motifs is 1. The quantitative estimate of drug-likeness (QED) is 0.428. The zero-order valence-electron chi connectivity index (χ0n) is 19.9. The van der Waals surface area contributed by atoms with Crippen LogP contribution in [0.1, 0.15) is 45.9 Å². The smallest absolute Gasteiger partial charge is 0.255 e. The van der Waals surface area contributed by atoms with Crippen molar-refractivity contribution in [3.8, 4) is 5.75 Å². The highest BCUT2D eigenvalue weighted by Gasteiger charge is 2.40. The Morgan fingerprint density at radius 3 is 2.53 bits per heavy atom. The van der Waals surface area contributed by atoms with Crippen LogP contribution in [0, 0.1) is 0 Å². The summed E-state index contributed by atoms with van der Waals surface area (Å²) in [6.45, 7) is 3.97. The number of amides is 3. The Labute approximate surface area is 213 Å². The molecule has 8 nitrogen and oxygen atoms in total. The Kier molecular flexibility index (Phi) is 6.95. The topological polar surface area (TPSA) is 88.2 Å². The first-order valence-corrected chi connectivity index (χ1v) is 12.0. The van der Waals surface area contributed by atoms with E-state index in [4.69, 9.17) is 33.0 Å². The van der Waals surface area contributed by atoms with Gasteiger partial charge in [-0.1, -0.05) is 29.1 Å². The third kappa shape index (κ3) is 4.82. The Balaban J connectivity index is 1.33. The van der Waals surface area contributed by atoms with Crippen LogP contribution in [0.15, 0.2) is 30.3 Å². The molecule has 2 aromatic carbocycles. The van der Waals surface area contributed by atoms with E-state index in [2.05, 4.69) is 10.2 Å². The number of piperidine rings is 1. The van der Waals surface area contributed by atoms with E-state index in [0.717, 1.165) is 18.7 Å². The fourth-order valence-electron chi connectivity index (χ4n) is 5.06. The van der Waals surface area contributed by atoms with Crippen LogP contribution in [0.2, 0.25) is 0 Å². The van der Waals surface area contributed by atoms with Crippen molar-refractivity contribution in [2.45, 2.75) is 38.0 Å². The van der Waals surface area contributed by atoms with E-state index in [1.54, 1.807) is 18.2 Å². The number of hydrogen-bond donors (Lipinski definition) is 1. The van der Waals surface area contributed by atoms with E-state index in [9.17, 15) is 14.4 Å². The molecule has 6 radical (unpaired) electrons. The molecule has 0 bridgehead atoms. The molecule has 2 unspecified atom stereocenters. The minimum absolute atomic E-state index is 0.173. The van der Waals surface area contributed by atoms with E-state index in [0.29, 0.717) is 53.1 Å². The third-order valence-electron chi connectivity index (χ3n) is 6.89. The number of imide groups is 1. The highest BCUT2D eigenvalue weighted by molar-refractivity contribution is 6.41. The molecule has 2 fully saturated rings. The van der Waals surface area contributed by atoms with Gasteiger partial charge >= 0.3 is 0 Å². The number of carbonyl (C=O) groups excluding carboxylic acids is 3. The van der Waals surface area contributed by atoms with Crippen molar-refractivity contribution in [2.24, 2.45) is 0 Å². The van der Waals surface area contributed by atoms with Gasteiger partial charge in [-0.05, 0) is 29.7 Å². The predicted molar refractivity (Wildman–Crippen MR) is 135 cm³/mol. The number of ether oxygens (including phenoxy) is 2. The molecule has 0 saturated carbocycles. The summed E-state index contributed by atoms with van der Waals surface area (Å²) in [6.07, 6.45) is 0.467. The molecule has 178 valence electrons. The molecule has 3 amide bonds. The zero-order valence-corrected chi connectivity index (χ0v) is 19.9. The normalized spacial score (nSPS) is 21.3. The Morgan fingerprint density at radius 1 is 1.11 bits per heavy atom. The van der Waals surface area contributed by atoms with Crippen molar-refractivity contribution in [1.82, 2.24) is 15.1 Å². The second-order valence-corrected chi connectivity index (χ2v) is 9.30. The average molecular weight is 479 g/mol. The van der Waals surface area contributed by atoms with E-state index in [1.807, 2.05) is 12.1 Å². The molecule has 2 atom stereocenters. The van der Waals surface area contributed by atoms with Gasteiger partial charge in [0.2, 0.25) is 11.8 Å². The second-order valence-electron chi connectivity index (χ2n) is 9.30. The second kappa shape index (κ2) is 10.1. The fourth-order valence-corrected chi connectivity index (χ4v) is 5.06. The van der Waals surface area contributed by atoms with Crippen molar-refractivity contribution in [3.05, 3.63) is 52.6 Å². The number of hydrogen-bond acceptors (Lipinski definition) is 6. The number of morpholine rings is 1. The summed E-state index contributed by atoms with van der Waals surface area (Å²) in [4.78, 5) is 40.7. The summed E-state index contributed by atoms with van der Waals surface area (Å²) in [5, 5.41) is 2.30. The third-order valence-corrected chi connectivity index (χ3v) is 6.89. The lowest BCUT2D eigenvalue weighted by Gasteiger charge is -2.29. The van der Waals surface area contributed by atoms with Crippen molar-refractivity contribution in [2.75, 3.05) is 26.3 Å². The van der Waals surface area contributed by atoms with Crippen LogP contribution in [0.3, 0.4) is 0 Å². The van der Waals surface area contributed by atoms with Gasteiger partial charge in [0.05, 0.1) is 25.8 Å². The van der Waals surface area contributed by atoms with Crippen LogP contribution in [0.5, 0.6) is 5.75 Å². The monoisotopic (exact) mass is 479 g/mol. The van der Waals surface area contributed by atoms with Gasteiger partial charge in [-0.25, -0.2) is 0 Å². The van der Waals surface area contributed by atoms with Gasteiger partial charge in [-0.2, -0.15) is 0 Å². The van der Waals surface area contributed by atoms with Gasteiger partial charge in [-0.15, -0.1) is 0 Å². The first-order chi connectivity index (χ1) is 17.3. The van der Waals surface area contributed by atoms with Gasteiger partial charge < -0.3 is 14.4 Å².